The number of allylic oxidation sites excluding steroid dienone is 1. The molecule has 6 heteroatoms. The summed E-state index contributed by atoms with van der Waals surface area (Å²) in [6.45, 7) is 9.60. The average molecular weight is 467 g/mol. The lowest BCUT2D eigenvalue weighted by Gasteiger charge is -2.33. The Labute approximate surface area is 195 Å². The van der Waals surface area contributed by atoms with E-state index in [4.69, 9.17) is 14.0 Å². The van der Waals surface area contributed by atoms with Gasteiger partial charge in [0.1, 0.15) is 17.1 Å². The summed E-state index contributed by atoms with van der Waals surface area (Å²) < 4.78 is 42.3. The molecule has 1 aromatic carbocycles. The molecule has 1 N–H and O–H groups in total. The molecule has 0 fully saturated rings. The fraction of sp³-hybridized carbons (Fsp3) is 0.692. The zero-order chi connectivity index (χ0) is 23.6. The fourth-order valence-electron chi connectivity index (χ4n) is 4.04. The summed E-state index contributed by atoms with van der Waals surface area (Å²) in [6.07, 6.45) is 13.3. The third kappa shape index (κ3) is 10.4. The van der Waals surface area contributed by atoms with Crippen molar-refractivity contribution in [2.75, 3.05) is 12.4 Å². The van der Waals surface area contributed by atoms with Crippen LogP contribution in [-0.2, 0) is 16.5 Å². The molecular weight excluding hydrogens is 424 g/mol. The van der Waals surface area contributed by atoms with E-state index in [2.05, 4.69) is 39.8 Å². The van der Waals surface area contributed by atoms with E-state index in [-0.39, 0.29) is 11.4 Å². The zero-order valence-corrected chi connectivity index (χ0v) is 21.1. The van der Waals surface area contributed by atoms with Gasteiger partial charge in [-0.2, -0.15) is 8.42 Å². The molecule has 32 heavy (non-hydrogen) atoms. The molecule has 0 spiro atoms. The van der Waals surface area contributed by atoms with Crippen molar-refractivity contribution in [3.63, 3.8) is 0 Å². The quantitative estimate of drug-likeness (QED) is 0.190. The highest BCUT2D eigenvalue weighted by Crippen LogP contribution is 2.36. The first-order valence-electron chi connectivity index (χ1n) is 12.1. The van der Waals surface area contributed by atoms with Crippen molar-refractivity contribution in [1.82, 2.24) is 0 Å². The van der Waals surface area contributed by atoms with Crippen LogP contribution in [0.1, 0.15) is 84.6 Å². The minimum atomic E-state index is -3.86. The molecular formula is C26H42O5S. The van der Waals surface area contributed by atoms with Crippen molar-refractivity contribution in [3.8, 4) is 11.5 Å². The van der Waals surface area contributed by atoms with Gasteiger partial charge in [-0.15, -0.1) is 0 Å². The third-order valence-corrected chi connectivity index (χ3v) is 6.87. The standard InChI is InChI=1S/C26H42O5S/c1-21(2)10-8-11-22(3)12-9-16-26(4)17-15-23-20-24(13-14-25(23)31-26)30-18-6-5-7-19-32(27,28)29/h9,13-14,16,20-22H,5-8,10-12,15,17-19H2,1-4H3,(H,27,28,29)/b16-9+. The molecule has 0 amide bonds. The SMILES string of the molecule is CC(C)CCCC(C)C/C=C/C1(C)CCc2cc(OCCCCCS(=O)(=O)O)ccc2O1. The van der Waals surface area contributed by atoms with Crippen molar-refractivity contribution in [2.24, 2.45) is 11.8 Å². The molecule has 0 saturated heterocycles. The molecule has 0 aliphatic carbocycles. The summed E-state index contributed by atoms with van der Waals surface area (Å²) in [5.41, 5.74) is 0.905. The number of hydrogen-bond donors (Lipinski definition) is 1. The van der Waals surface area contributed by atoms with Crippen LogP contribution in [0.4, 0.5) is 0 Å². The Balaban J connectivity index is 1.76. The molecule has 1 heterocycles. The molecule has 0 saturated carbocycles. The predicted molar refractivity (Wildman–Crippen MR) is 131 cm³/mol. The summed E-state index contributed by atoms with van der Waals surface area (Å²) in [5, 5.41) is 0. The van der Waals surface area contributed by atoms with Crippen LogP contribution < -0.4 is 9.47 Å². The lowest BCUT2D eigenvalue weighted by atomic mass is 9.91. The second-order valence-electron chi connectivity index (χ2n) is 9.95. The van der Waals surface area contributed by atoms with Gasteiger partial charge in [0, 0.05) is 0 Å². The van der Waals surface area contributed by atoms with E-state index in [1.54, 1.807) is 0 Å². The average Bonchev–Trinajstić information content (AvgIpc) is 2.69. The zero-order valence-electron chi connectivity index (χ0n) is 20.3. The van der Waals surface area contributed by atoms with E-state index in [9.17, 15) is 8.42 Å². The number of ether oxygens (including phenoxy) is 2. The summed E-state index contributed by atoms with van der Waals surface area (Å²) in [4.78, 5) is 0. The minimum absolute atomic E-state index is 0.187. The van der Waals surface area contributed by atoms with Crippen molar-refractivity contribution < 1.29 is 22.4 Å². The van der Waals surface area contributed by atoms with E-state index in [1.165, 1.54) is 24.8 Å². The highest BCUT2D eigenvalue weighted by molar-refractivity contribution is 7.85. The largest absolute Gasteiger partial charge is 0.494 e. The van der Waals surface area contributed by atoms with Gasteiger partial charge in [0.25, 0.3) is 10.1 Å². The molecule has 2 atom stereocenters. The van der Waals surface area contributed by atoms with E-state index in [0.29, 0.717) is 25.4 Å². The summed E-state index contributed by atoms with van der Waals surface area (Å²) in [6, 6.07) is 5.97. The van der Waals surface area contributed by atoms with Gasteiger partial charge in [-0.3, -0.25) is 4.55 Å². The smallest absolute Gasteiger partial charge is 0.264 e. The molecule has 2 unspecified atom stereocenters. The van der Waals surface area contributed by atoms with Crippen LogP contribution in [-0.4, -0.2) is 30.9 Å². The highest BCUT2D eigenvalue weighted by atomic mass is 32.2. The number of fused-ring (bicyclic) bond motifs is 1. The van der Waals surface area contributed by atoms with Crippen molar-refractivity contribution >= 4 is 10.1 Å². The normalized spacial score (nSPS) is 19.7. The van der Waals surface area contributed by atoms with Crippen LogP contribution in [0.25, 0.3) is 0 Å². The Bertz CT molecular complexity index is 831. The second kappa shape index (κ2) is 12.6. The van der Waals surface area contributed by atoms with Crippen LogP contribution in [0.2, 0.25) is 0 Å². The van der Waals surface area contributed by atoms with Crippen LogP contribution in [0.3, 0.4) is 0 Å². The van der Waals surface area contributed by atoms with Crippen LogP contribution in [0.15, 0.2) is 30.4 Å². The fourth-order valence-corrected chi connectivity index (χ4v) is 4.61. The van der Waals surface area contributed by atoms with Gasteiger partial charge in [0.05, 0.1) is 12.4 Å². The Morgan fingerprint density at radius 2 is 1.94 bits per heavy atom. The van der Waals surface area contributed by atoms with Gasteiger partial charge in [0.2, 0.25) is 0 Å². The molecule has 0 aromatic heterocycles. The van der Waals surface area contributed by atoms with Crippen molar-refractivity contribution in [3.05, 3.63) is 35.9 Å². The predicted octanol–water partition coefficient (Wildman–Crippen LogP) is 6.62. The van der Waals surface area contributed by atoms with Crippen LogP contribution in [0, 0.1) is 11.8 Å². The van der Waals surface area contributed by atoms with Gasteiger partial charge >= 0.3 is 0 Å². The Hall–Kier alpha value is -1.53. The van der Waals surface area contributed by atoms with Gasteiger partial charge in [-0.1, -0.05) is 46.1 Å². The first-order valence-corrected chi connectivity index (χ1v) is 13.7. The van der Waals surface area contributed by atoms with Crippen molar-refractivity contribution in [2.45, 2.75) is 91.1 Å². The molecule has 1 aliphatic rings. The first-order chi connectivity index (χ1) is 15.1. The first kappa shape index (κ1) is 26.7. The van der Waals surface area contributed by atoms with Gasteiger partial charge in [-0.25, -0.2) is 0 Å². The van der Waals surface area contributed by atoms with Gasteiger partial charge in [0.15, 0.2) is 0 Å². The monoisotopic (exact) mass is 466 g/mol. The lowest BCUT2D eigenvalue weighted by molar-refractivity contribution is 0.114. The maximum absolute atomic E-state index is 10.7. The third-order valence-electron chi connectivity index (χ3n) is 6.07. The second-order valence-corrected chi connectivity index (χ2v) is 11.5. The van der Waals surface area contributed by atoms with Crippen molar-refractivity contribution in [1.29, 1.82) is 0 Å². The Morgan fingerprint density at radius 1 is 1.16 bits per heavy atom. The molecule has 2 rings (SSSR count). The topological polar surface area (TPSA) is 72.8 Å². The summed E-state index contributed by atoms with van der Waals surface area (Å²) in [7, 11) is -3.86. The summed E-state index contributed by atoms with van der Waals surface area (Å²) >= 11 is 0. The number of rotatable bonds is 14. The van der Waals surface area contributed by atoms with E-state index in [1.807, 2.05) is 18.2 Å². The number of hydrogen-bond acceptors (Lipinski definition) is 4. The number of unbranched alkanes of at least 4 members (excludes halogenated alkanes) is 2. The summed E-state index contributed by atoms with van der Waals surface area (Å²) in [5.74, 6) is 3.05. The minimum Gasteiger partial charge on any atom is -0.494 e. The molecule has 1 aliphatic heterocycles. The molecule has 182 valence electrons. The van der Waals surface area contributed by atoms with Gasteiger partial charge in [-0.05, 0) is 87.1 Å². The van der Waals surface area contributed by atoms with Crippen LogP contribution in [0.5, 0.6) is 11.5 Å². The maximum Gasteiger partial charge on any atom is 0.264 e. The van der Waals surface area contributed by atoms with Crippen LogP contribution >= 0.6 is 0 Å². The maximum atomic E-state index is 10.7. The molecule has 0 radical (unpaired) electrons. The van der Waals surface area contributed by atoms with E-state index >= 15 is 0 Å². The Morgan fingerprint density at radius 3 is 2.66 bits per heavy atom. The molecule has 5 nitrogen and oxygen atoms in total. The Kier molecular flexibility index (Phi) is 10.6. The molecule has 0 bridgehead atoms. The van der Waals surface area contributed by atoms with Gasteiger partial charge < -0.3 is 9.47 Å². The number of benzene rings is 1. The van der Waals surface area contributed by atoms with E-state index < -0.39 is 10.1 Å². The van der Waals surface area contributed by atoms with E-state index in [0.717, 1.165) is 43.1 Å². The highest BCUT2D eigenvalue weighted by Gasteiger charge is 2.29. The number of aryl methyl sites for hydroxylation is 1. The molecule has 1 aromatic rings. The lowest BCUT2D eigenvalue weighted by Crippen LogP contribution is -2.34.